The van der Waals surface area contributed by atoms with Gasteiger partial charge in [0, 0.05) is 11.9 Å². The second-order valence-corrected chi connectivity index (χ2v) is 5.69. The summed E-state index contributed by atoms with van der Waals surface area (Å²) in [5.74, 6) is 1.31. The summed E-state index contributed by atoms with van der Waals surface area (Å²) in [5.41, 5.74) is 0.940. The van der Waals surface area contributed by atoms with Crippen molar-refractivity contribution < 1.29 is 9.26 Å². The van der Waals surface area contributed by atoms with Gasteiger partial charge in [-0.05, 0) is 31.0 Å². The monoisotopic (exact) mass is 278 g/mol. The maximum atomic E-state index is 5.90. The van der Waals surface area contributed by atoms with Gasteiger partial charge in [0.1, 0.15) is 0 Å². The quantitative estimate of drug-likeness (QED) is 0.844. The average molecular weight is 279 g/mol. The Kier molecular flexibility index (Phi) is 3.07. The number of aromatic nitrogens is 2. The van der Waals surface area contributed by atoms with Crippen molar-refractivity contribution in [2.75, 3.05) is 6.61 Å². The van der Waals surface area contributed by atoms with Crippen LogP contribution in [-0.4, -0.2) is 16.7 Å². The smallest absolute Gasteiger partial charge is 0.223 e. The maximum Gasteiger partial charge on any atom is 0.223 e. The first-order valence-electron chi connectivity index (χ1n) is 6.25. The topological polar surface area (TPSA) is 48.2 Å². The van der Waals surface area contributed by atoms with E-state index in [1.165, 1.54) is 0 Å². The summed E-state index contributed by atoms with van der Waals surface area (Å²) in [6.07, 6.45) is 0.897. The Balaban J connectivity index is 1.81. The SMILES string of the molecule is Cc1nc([C@@]2(C)CO[C@@H](c3ccc(Cl)cc3)C2)no1. The number of hydrogen-bond donors (Lipinski definition) is 0. The zero-order valence-electron chi connectivity index (χ0n) is 10.9. The predicted molar refractivity (Wildman–Crippen MR) is 71.1 cm³/mol. The van der Waals surface area contributed by atoms with E-state index < -0.39 is 0 Å². The van der Waals surface area contributed by atoms with Gasteiger partial charge in [0.2, 0.25) is 5.89 Å². The number of ether oxygens (including phenoxy) is 1. The lowest BCUT2D eigenvalue weighted by molar-refractivity contribution is 0.104. The van der Waals surface area contributed by atoms with Crippen LogP contribution in [0.25, 0.3) is 0 Å². The average Bonchev–Trinajstić information content (AvgIpc) is 2.98. The molecule has 5 heteroatoms. The van der Waals surface area contributed by atoms with Gasteiger partial charge in [-0.3, -0.25) is 0 Å². The van der Waals surface area contributed by atoms with Crippen LogP contribution in [0, 0.1) is 6.92 Å². The second-order valence-electron chi connectivity index (χ2n) is 5.25. The van der Waals surface area contributed by atoms with Crippen LogP contribution in [0.1, 0.15) is 36.7 Å². The van der Waals surface area contributed by atoms with E-state index in [9.17, 15) is 0 Å². The van der Waals surface area contributed by atoms with Gasteiger partial charge in [0.15, 0.2) is 5.82 Å². The van der Waals surface area contributed by atoms with E-state index in [1.54, 1.807) is 6.92 Å². The first kappa shape index (κ1) is 12.6. The molecular weight excluding hydrogens is 264 g/mol. The van der Waals surface area contributed by atoms with Crippen LogP contribution in [0.4, 0.5) is 0 Å². The Bertz CT molecular complexity index is 581. The molecule has 0 aliphatic carbocycles. The minimum Gasteiger partial charge on any atom is -0.372 e. The van der Waals surface area contributed by atoms with E-state index in [4.69, 9.17) is 20.9 Å². The number of halogens is 1. The van der Waals surface area contributed by atoms with Crippen molar-refractivity contribution in [2.24, 2.45) is 0 Å². The number of hydrogen-bond acceptors (Lipinski definition) is 4. The molecule has 1 aliphatic heterocycles. The zero-order valence-corrected chi connectivity index (χ0v) is 11.6. The summed E-state index contributed by atoms with van der Waals surface area (Å²) in [6.45, 7) is 4.50. The van der Waals surface area contributed by atoms with E-state index in [0.717, 1.165) is 22.8 Å². The van der Waals surface area contributed by atoms with E-state index >= 15 is 0 Å². The van der Waals surface area contributed by atoms with Crippen molar-refractivity contribution in [1.29, 1.82) is 0 Å². The molecule has 0 unspecified atom stereocenters. The molecule has 1 aromatic heterocycles. The molecule has 2 heterocycles. The zero-order chi connectivity index (χ0) is 13.5. The molecule has 19 heavy (non-hydrogen) atoms. The van der Waals surface area contributed by atoms with Gasteiger partial charge in [0.05, 0.1) is 18.1 Å². The van der Waals surface area contributed by atoms with Gasteiger partial charge in [-0.2, -0.15) is 4.98 Å². The van der Waals surface area contributed by atoms with Crippen molar-refractivity contribution >= 4 is 11.6 Å². The first-order chi connectivity index (χ1) is 9.07. The Labute approximate surface area is 116 Å². The molecular formula is C14H15ClN2O2. The van der Waals surface area contributed by atoms with E-state index in [-0.39, 0.29) is 11.5 Å². The molecule has 1 aromatic carbocycles. The van der Waals surface area contributed by atoms with Crippen LogP contribution in [-0.2, 0) is 10.2 Å². The van der Waals surface area contributed by atoms with Gasteiger partial charge < -0.3 is 9.26 Å². The van der Waals surface area contributed by atoms with Crippen molar-refractivity contribution in [3.05, 3.63) is 46.6 Å². The molecule has 0 N–H and O–H groups in total. The lowest BCUT2D eigenvalue weighted by Crippen LogP contribution is -2.23. The molecule has 0 bridgehead atoms. The third-order valence-electron chi connectivity index (χ3n) is 3.55. The molecule has 0 spiro atoms. The summed E-state index contributed by atoms with van der Waals surface area (Å²) < 4.78 is 11.0. The van der Waals surface area contributed by atoms with Gasteiger partial charge in [-0.25, -0.2) is 0 Å². The number of aryl methyl sites for hydroxylation is 1. The fourth-order valence-corrected chi connectivity index (χ4v) is 2.53. The molecule has 0 radical (unpaired) electrons. The largest absolute Gasteiger partial charge is 0.372 e. The standard InChI is InChI=1S/C14H15ClN2O2/c1-9-16-13(17-19-9)14(2)7-12(18-8-14)10-3-5-11(15)6-4-10/h3-6,12H,7-8H2,1-2H3/t12-,14-/m1/s1. The highest BCUT2D eigenvalue weighted by Crippen LogP contribution is 2.41. The molecule has 0 saturated carbocycles. The normalized spacial score (nSPS) is 26.8. The second kappa shape index (κ2) is 4.62. The van der Waals surface area contributed by atoms with Gasteiger partial charge in [0.25, 0.3) is 0 Å². The Hall–Kier alpha value is -1.39. The third kappa shape index (κ3) is 2.38. The van der Waals surface area contributed by atoms with E-state index in [0.29, 0.717) is 12.5 Å². The lowest BCUT2D eigenvalue weighted by Gasteiger charge is -2.16. The molecule has 3 rings (SSSR count). The summed E-state index contributed by atoms with van der Waals surface area (Å²) >= 11 is 5.90. The van der Waals surface area contributed by atoms with Crippen LogP contribution >= 0.6 is 11.6 Å². The van der Waals surface area contributed by atoms with Crippen LogP contribution in [0.15, 0.2) is 28.8 Å². The van der Waals surface area contributed by atoms with Crippen molar-refractivity contribution in [1.82, 2.24) is 10.1 Å². The first-order valence-corrected chi connectivity index (χ1v) is 6.62. The summed E-state index contributed by atoms with van der Waals surface area (Å²) in [4.78, 5) is 4.33. The highest BCUT2D eigenvalue weighted by molar-refractivity contribution is 6.30. The van der Waals surface area contributed by atoms with Gasteiger partial charge in [-0.15, -0.1) is 0 Å². The minimum absolute atomic E-state index is 0.0565. The molecule has 100 valence electrons. The maximum absolute atomic E-state index is 5.90. The molecule has 1 saturated heterocycles. The highest BCUT2D eigenvalue weighted by Gasteiger charge is 2.41. The van der Waals surface area contributed by atoms with Crippen molar-refractivity contribution in [3.63, 3.8) is 0 Å². The molecule has 1 aliphatic rings. The van der Waals surface area contributed by atoms with Crippen LogP contribution < -0.4 is 0 Å². The summed E-state index contributed by atoms with van der Waals surface area (Å²) in [7, 11) is 0. The van der Waals surface area contributed by atoms with E-state index in [2.05, 4.69) is 17.1 Å². The summed E-state index contributed by atoms with van der Waals surface area (Å²) in [5, 5.41) is 4.76. The van der Waals surface area contributed by atoms with Gasteiger partial charge in [-0.1, -0.05) is 28.9 Å². The highest BCUT2D eigenvalue weighted by atomic mass is 35.5. The molecule has 2 aromatic rings. The Morgan fingerprint density at radius 1 is 1.32 bits per heavy atom. The molecule has 0 amide bonds. The van der Waals surface area contributed by atoms with Crippen LogP contribution in [0.5, 0.6) is 0 Å². The van der Waals surface area contributed by atoms with E-state index in [1.807, 2.05) is 24.3 Å². The van der Waals surface area contributed by atoms with Crippen molar-refractivity contribution in [3.8, 4) is 0 Å². The number of nitrogens with zero attached hydrogens (tertiary/aromatic N) is 2. The fraction of sp³-hybridized carbons (Fsp3) is 0.429. The fourth-order valence-electron chi connectivity index (χ4n) is 2.40. The van der Waals surface area contributed by atoms with Crippen molar-refractivity contribution in [2.45, 2.75) is 31.8 Å². The van der Waals surface area contributed by atoms with Crippen LogP contribution in [0.2, 0.25) is 5.02 Å². The number of benzene rings is 1. The lowest BCUT2D eigenvalue weighted by atomic mass is 9.85. The predicted octanol–water partition coefficient (Wildman–Crippen LogP) is 3.45. The number of rotatable bonds is 2. The van der Waals surface area contributed by atoms with Crippen LogP contribution in [0.3, 0.4) is 0 Å². The molecule has 1 fully saturated rings. The Morgan fingerprint density at radius 2 is 2.05 bits per heavy atom. The van der Waals surface area contributed by atoms with Gasteiger partial charge >= 0.3 is 0 Å². The Morgan fingerprint density at radius 3 is 2.68 bits per heavy atom. The molecule has 4 nitrogen and oxygen atoms in total. The molecule has 2 atom stereocenters. The summed E-state index contributed by atoms with van der Waals surface area (Å²) in [6, 6.07) is 7.77. The minimum atomic E-state index is -0.192. The third-order valence-corrected chi connectivity index (χ3v) is 3.80.